The minimum atomic E-state index is -0.740. The third kappa shape index (κ3) is 2.38. The van der Waals surface area contributed by atoms with E-state index in [0.717, 1.165) is 36.1 Å². The average Bonchev–Trinajstić information content (AvgIpc) is 2.37. The third-order valence-electron chi connectivity index (χ3n) is 4.94. The van der Waals surface area contributed by atoms with Gasteiger partial charge in [0.2, 0.25) is 0 Å². The fourth-order valence-corrected chi connectivity index (χ4v) is 3.42. The van der Waals surface area contributed by atoms with Crippen molar-refractivity contribution in [3.63, 3.8) is 0 Å². The van der Waals surface area contributed by atoms with Crippen LogP contribution in [-0.2, 0) is 5.60 Å². The number of methoxy groups -OCH3 is 1. The van der Waals surface area contributed by atoms with E-state index in [9.17, 15) is 5.11 Å². The largest absolute Gasteiger partial charge is 0.496 e. The molecule has 2 nitrogen and oxygen atoms in total. The van der Waals surface area contributed by atoms with Gasteiger partial charge in [-0.05, 0) is 56.1 Å². The van der Waals surface area contributed by atoms with Gasteiger partial charge in [-0.2, -0.15) is 0 Å². The number of aliphatic hydroxyl groups is 1. The number of hydrogen-bond acceptors (Lipinski definition) is 2. The Morgan fingerprint density at radius 1 is 1.26 bits per heavy atom. The van der Waals surface area contributed by atoms with Crippen molar-refractivity contribution in [1.82, 2.24) is 0 Å². The average molecular weight is 262 g/mol. The lowest BCUT2D eigenvalue weighted by Crippen LogP contribution is -2.39. The highest BCUT2D eigenvalue weighted by molar-refractivity contribution is 5.48. The van der Waals surface area contributed by atoms with Crippen molar-refractivity contribution in [3.05, 3.63) is 28.8 Å². The number of aryl methyl sites for hydroxylation is 1. The minimum absolute atomic E-state index is 0.271. The predicted molar refractivity (Wildman–Crippen MR) is 78.5 cm³/mol. The molecule has 1 aliphatic rings. The molecule has 3 atom stereocenters. The molecule has 3 unspecified atom stereocenters. The smallest absolute Gasteiger partial charge is 0.128 e. The Bertz CT molecular complexity index is 467. The van der Waals surface area contributed by atoms with Crippen LogP contribution in [-0.4, -0.2) is 12.2 Å². The van der Waals surface area contributed by atoms with E-state index >= 15 is 0 Å². The summed E-state index contributed by atoms with van der Waals surface area (Å²) in [5, 5.41) is 11.2. The molecule has 2 rings (SSSR count). The van der Waals surface area contributed by atoms with Gasteiger partial charge in [0, 0.05) is 5.56 Å². The van der Waals surface area contributed by atoms with E-state index in [2.05, 4.69) is 33.8 Å². The van der Waals surface area contributed by atoms with Crippen LogP contribution < -0.4 is 4.74 Å². The molecule has 1 aliphatic carbocycles. The highest BCUT2D eigenvalue weighted by atomic mass is 16.5. The van der Waals surface area contributed by atoms with E-state index in [4.69, 9.17) is 4.74 Å². The van der Waals surface area contributed by atoms with Gasteiger partial charge in [-0.25, -0.2) is 0 Å². The molecular weight excluding hydrogens is 236 g/mol. The van der Waals surface area contributed by atoms with E-state index in [-0.39, 0.29) is 5.92 Å². The maximum atomic E-state index is 11.2. The van der Waals surface area contributed by atoms with Crippen LogP contribution in [0.5, 0.6) is 5.75 Å². The normalized spacial score (nSPS) is 31.3. The van der Waals surface area contributed by atoms with E-state index in [1.54, 1.807) is 7.11 Å². The molecule has 2 heteroatoms. The van der Waals surface area contributed by atoms with Gasteiger partial charge >= 0.3 is 0 Å². The first-order valence-electron chi connectivity index (χ1n) is 7.27. The fourth-order valence-electron chi connectivity index (χ4n) is 3.42. The summed E-state index contributed by atoms with van der Waals surface area (Å²) in [5.74, 6) is 1.84. The molecule has 0 bridgehead atoms. The Morgan fingerprint density at radius 3 is 2.53 bits per heavy atom. The minimum Gasteiger partial charge on any atom is -0.496 e. The van der Waals surface area contributed by atoms with Crippen LogP contribution in [0.3, 0.4) is 0 Å². The van der Waals surface area contributed by atoms with Crippen LogP contribution in [0.15, 0.2) is 12.1 Å². The summed E-state index contributed by atoms with van der Waals surface area (Å²) in [5.41, 5.74) is 2.58. The molecule has 1 aromatic rings. The first-order valence-corrected chi connectivity index (χ1v) is 7.27. The van der Waals surface area contributed by atoms with Crippen molar-refractivity contribution in [2.45, 2.75) is 52.6 Å². The summed E-state index contributed by atoms with van der Waals surface area (Å²) < 4.78 is 5.59. The molecule has 1 N–H and O–H groups in total. The van der Waals surface area contributed by atoms with Gasteiger partial charge < -0.3 is 9.84 Å². The lowest BCUT2D eigenvalue weighted by molar-refractivity contribution is -0.0602. The SMILES string of the molecule is COc1c(C2(O)CCC(C)CC2C)ccc(C)c1C. The maximum Gasteiger partial charge on any atom is 0.128 e. The molecule has 0 aliphatic heterocycles. The molecular formula is C17H26O2. The summed E-state index contributed by atoms with van der Waals surface area (Å²) in [6, 6.07) is 4.14. The van der Waals surface area contributed by atoms with Crippen LogP contribution in [0.2, 0.25) is 0 Å². The third-order valence-corrected chi connectivity index (χ3v) is 4.94. The van der Waals surface area contributed by atoms with Crippen molar-refractivity contribution >= 4 is 0 Å². The molecule has 1 fully saturated rings. The molecule has 0 radical (unpaired) electrons. The summed E-state index contributed by atoms with van der Waals surface area (Å²) >= 11 is 0. The standard InChI is InChI=1S/C17H26O2/c1-11-8-9-17(18,13(3)10-11)15-7-6-12(2)14(4)16(15)19-5/h6-7,11,13,18H,8-10H2,1-5H3. The first kappa shape index (κ1) is 14.4. The second kappa shape index (κ2) is 5.16. The van der Waals surface area contributed by atoms with E-state index in [1.165, 1.54) is 5.56 Å². The maximum absolute atomic E-state index is 11.2. The van der Waals surface area contributed by atoms with E-state index in [1.807, 2.05) is 6.07 Å². The van der Waals surface area contributed by atoms with Crippen LogP contribution in [0.25, 0.3) is 0 Å². The summed E-state index contributed by atoms with van der Waals surface area (Å²) in [6.07, 6.45) is 2.98. The van der Waals surface area contributed by atoms with Crippen molar-refractivity contribution in [1.29, 1.82) is 0 Å². The molecule has 0 saturated heterocycles. The number of hydrogen-bond donors (Lipinski definition) is 1. The summed E-state index contributed by atoms with van der Waals surface area (Å²) in [6.45, 7) is 8.58. The second-order valence-electron chi connectivity index (χ2n) is 6.29. The zero-order valence-corrected chi connectivity index (χ0v) is 12.8. The fraction of sp³-hybridized carbons (Fsp3) is 0.647. The van der Waals surface area contributed by atoms with Gasteiger partial charge in [-0.1, -0.05) is 26.0 Å². The molecule has 0 aromatic heterocycles. The van der Waals surface area contributed by atoms with Crippen molar-refractivity contribution in [2.24, 2.45) is 11.8 Å². The highest BCUT2D eigenvalue weighted by Crippen LogP contribution is 2.47. The van der Waals surface area contributed by atoms with Gasteiger partial charge in [0.15, 0.2) is 0 Å². The van der Waals surface area contributed by atoms with Crippen molar-refractivity contribution < 1.29 is 9.84 Å². The van der Waals surface area contributed by atoms with Gasteiger partial charge in [0.25, 0.3) is 0 Å². The Hall–Kier alpha value is -1.02. The van der Waals surface area contributed by atoms with E-state index in [0.29, 0.717) is 5.92 Å². The zero-order valence-electron chi connectivity index (χ0n) is 12.8. The number of ether oxygens (including phenoxy) is 1. The molecule has 1 aromatic carbocycles. The summed E-state index contributed by atoms with van der Waals surface area (Å²) in [7, 11) is 1.70. The monoisotopic (exact) mass is 262 g/mol. The number of benzene rings is 1. The quantitative estimate of drug-likeness (QED) is 0.874. The van der Waals surface area contributed by atoms with Crippen molar-refractivity contribution in [3.8, 4) is 5.75 Å². The molecule has 0 spiro atoms. The molecule has 106 valence electrons. The highest BCUT2D eigenvalue weighted by Gasteiger charge is 2.41. The van der Waals surface area contributed by atoms with Crippen LogP contribution in [0.4, 0.5) is 0 Å². The molecule has 19 heavy (non-hydrogen) atoms. The van der Waals surface area contributed by atoms with Gasteiger partial charge in [0.05, 0.1) is 12.7 Å². The van der Waals surface area contributed by atoms with E-state index < -0.39 is 5.60 Å². The van der Waals surface area contributed by atoms with Crippen LogP contribution >= 0.6 is 0 Å². The van der Waals surface area contributed by atoms with Crippen molar-refractivity contribution in [2.75, 3.05) is 7.11 Å². The number of rotatable bonds is 2. The lowest BCUT2D eigenvalue weighted by Gasteiger charge is -2.42. The topological polar surface area (TPSA) is 29.5 Å². The Kier molecular flexibility index (Phi) is 3.91. The lowest BCUT2D eigenvalue weighted by atomic mass is 9.68. The molecule has 1 saturated carbocycles. The second-order valence-corrected chi connectivity index (χ2v) is 6.29. The Labute approximate surface area is 116 Å². The van der Waals surface area contributed by atoms with Gasteiger partial charge in [-0.15, -0.1) is 0 Å². The molecule has 0 heterocycles. The van der Waals surface area contributed by atoms with Crippen LogP contribution in [0, 0.1) is 25.7 Å². The first-order chi connectivity index (χ1) is 8.90. The van der Waals surface area contributed by atoms with Gasteiger partial charge in [0.1, 0.15) is 5.75 Å². The predicted octanol–water partition coefficient (Wildman–Crippen LogP) is 3.96. The zero-order chi connectivity index (χ0) is 14.2. The Balaban J connectivity index is 2.49. The Morgan fingerprint density at radius 2 is 1.95 bits per heavy atom. The van der Waals surface area contributed by atoms with Crippen LogP contribution in [0.1, 0.15) is 49.8 Å². The molecule has 0 amide bonds. The summed E-state index contributed by atoms with van der Waals surface area (Å²) in [4.78, 5) is 0. The van der Waals surface area contributed by atoms with Gasteiger partial charge in [-0.3, -0.25) is 0 Å².